The summed E-state index contributed by atoms with van der Waals surface area (Å²) in [4.78, 5) is 18.2. The fourth-order valence-corrected chi connectivity index (χ4v) is 5.29. The number of rotatable bonds is 12. The van der Waals surface area contributed by atoms with E-state index in [4.69, 9.17) is 19.6 Å². The molecule has 0 fully saturated rings. The minimum Gasteiger partial charge on any atom is -0.454 e. The molecule has 0 saturated carbocycles. The van der Waals surface area contributed by atoms with Gasteiger partial charge >= 0.3 is 6.09 Å². The standard InChI is InChI=1S/C26H33N3O7S/c1-19(30)22(15-20-9-5-4-6-10-20)28-25(31)36-29(17-26(2,3)13-7-8-14-27)37(32,33)21-11-12-23-24(16-21)35-18-34-23/h4-6,9-12,16,19,22,30H,7-8,13,15,17-18H2,1-3H3,(H,28,31). The summed E-state index contributed by atoms with van der Waals surface area (Å²) in [7, 11) is -4.31. The van der Waals surface area contributed by atoms with Crippen LogP contribution in [0.15, 0.2) is 53.4 Å². The highest BCUT2D eigenvalue weighted by molar-refractivity contribution is 7.89. The molecule has 2 N–H and O–H groups in total. The van der Waals surface area contributed by atoms with Gasteiger partial charge in [-0.2, -0.15) is 5.26 Å². The van der Waals surface area contributed by atoms with Gasteiger partial charge in [0.1, 0.15) is 0 Å². The Labute approximate surface area is 217 Å². The minimum absolute atomic E-state index is 0.0183. The lowest BCUT2D eigenvalue weighted by Gasteiger charge is -2.31. The Hall–Kier alpha value is -3.33. The van der Waals surface area contributed by atoms with Crippen LogP contribution in [0.25, 0.3) is 0 Å². The van der Waals surface area contributed by atoms with Crippen molar-refractivity contribution in [1.82, 2.24) is 9.79 Å². The van der Waals surface area contributed by atoms with Crippen LogP contribution >= 0.6 is 0 Å². The Morgan fingerprint density at radius 2 is 1.92 bits per heavy atom. The summed E-state index contributed by atoms with van der Waals surface area (Å²) in [6.07, 6.45) is -0.192. The minimum atomic E-state index is -4.31. The lowest BCUT2D eigenvalue weighted by atomic mass is 9.87. The zero-order valence-corrected chi connectivity index (χ0v) is 22.0. The van der Waals surface area contributed by atoms with Crippen molar-refractivity contribution in [2.45, 2.75) is 63.5 Å². The summed E-state index contributed by atoms with van der Waals surface area (Å²) in [5, 5.41) is 21.7. The number of unbranched alkanes of at least 4 members (excludes halogenated alkanes) is 1. The molecule has 1 amide bonds. The number of hydroxylamine groups is 1. The summed E-state index contributed by atoms with van der Waals surface area (Å²) in [6, 6.07) is 14.8. The number of nitrogens with one attached hydrogen (secondary N) is 1. The van der Waals surface area contributed by atoms with Crippen molar-refractivity contribution in [2.75, 3.05) is 13.3 Å². The molecule has 0 saturated heterocycles. The van der Waals surface area contributed by atoms with Gasteiger partial charge in [-0.05, 0) is 53.8 Å². The van der Waals surface area contributed by atoms with E-state index in [1.165, 1.54) is 25.1 Å². The number of benzene rings is 2. The van der Waals surface area contributed by atoms with Gasteiger partial charge in [0.2, 0.25) is 6.79 Å². The third-order valence-corrected chi connectivity index (χ3v) is 7.57. The van der Waals surface area contributed by atoms with E-state index < -0.39 is 33.7 Å². The summed E-state index contributed by atoms with van der Waals surface area (Å²) >= 11 is 0. The zero-order chi connectivity index (χ0) is 27.1. The number of carbonyl (C=O) groups is 1. The molecule has 0 aromatic heterocycles. The molecule has 2 aromatic carbocycles. The monoisotopic (exact) mass is 531 g/mol. The maximum Gasteiger partial charge on any atom is 0.427 e. The Morgan fingerprint density at radius 1 is 1.22 bits per heavy atom. The first-order chi connectivity index (χ1) is 17.5. The second-order valence-electron chi connectivity index (χ2n) is 9.72. The fraction of sp³-hybridized carbons (Fsp3) is 0.462. The highest BCUT2D eigenvalue weighted by Crippen LogP contribution is 2.35. The van der Waals surface area contributed by atoms with Crippen LogP contribution in [-0.4, -0.2) is 49.6 Å². The summed E-state index contributed by atoms with van der Waals surface area (Å²) in [5.41, 5.74) is 0.269. The van der Waals surface area contributed by atoms with Gasteiger partial charge in [0.15, 0.2) is 11.5 Å². The van der Waals surface area contributed by atoms with E-state index in [1.807, 2.05) is 44.2 Å². The molecule has 1 aliphatic rings. The van der Waals surface area contributed by atoms with Crippen LogP contribution in [0.4, 0.5) is 4.79 Å². The average molecular weight is 532 g/mol. The second kappa shape index (κ2) is 12.3. The average Bonchev–Trinajstić information content (AvgIpc) is 3.32. The van der Waals surface area contributed by atoms with E-state index in [-0.39, 0.29) is 24.0 Å². The van der Waals surface area contributed by atoms with Crippen LogP contribution in [0.2, 0.25) is 0 Å². The van der Waals surface area contributed by atoms with Crippen LogP contribution < -0.4 is 14.8 Å². The molecule has 1 heterocycles. The number of ether oxygens (including phenoxy) is 2. The molecule has 0 spiro atoms. The Morgan fingerprint density at radius 3 is 2.59 bits per heavy atom. The SMILES string of the molecule is CC(O)C(Cc1ccccc1)NC(=O)ON(CC(C)(C)CCCC#N)S(=O)(=O)c1ccc2c(c1)OCO2. The van der Waals surface area contributed by atoms with Crippen molar-refractivity contribution in [2.24, 2.45) is 5.41 Å². The number of carbonyl (C=O) groups excluding carboxylic acids is 1. The van der Waals surface area contributed by atoms with Gasteiger partial charge < -0.3 is 24.7 Å². The first-order valence-corrected chi connectivity index (χ1v) is 13.5. The Kier molecular flexibility index (Phi) is 9.37. The summed E-state index contributed by atoms with van der Waals surface area (Å²) < 4.78 is 38.5. The van der Waals surface area contributed by atoms with E-state index in [1.54, 1.807) is 0 Å². The Balaban J connectivity index is 1.82. The molecule has 2 aromatic rings. The number of nitrogens with zero attached hydrogens (tertiary/aromatic N) is 2. The summed E-state index contributed by atoms with van der Waals surface area (Å²) in [6.45, 7) is 5.03. The first kappa shape index (κ1) is 28.2. The van der Waals surface area contributed by atoms with Crippen LogP contribution in [0, 0.1) is 16.7 Å². The smallest absolute Gasteiger partial charge is 0.427 e. The van der Waals surface area contributed by atoms with Gasteiger partial charge in [0.05, 0.1) is 29.7 Å². The quantitative estimate of drug-likeness (QED) is 0.312. The van der Waals surface area contributed by atoms with Gasteiger partial charge in [-0.3, -0.25) is 0 Å². The van der Waals surface area contributed by atoms with E-state index in [2.05, 4.69) is 11.4 Å². The van der Waals surface area contributed by atoms with Crippen LogP contribution in [0.3, 0.4) is 0 Å². The molecular weight excluding hydrogens is 498 g/mol. The first-order valence-electron chi connectivity index (χ1n) is 12.0. The topological polar surface area (TPSA) is 138 Å². The lowest BCUT2D eigenvalue weighted by molar-refractivity contribution is -0.0472. The lowest BCUT2D eigenvalue weighted by Crippen LogP contribution is -2.48. The van der Waals surface area contributed by atoms with Crippen molar-refractivity contribution in [3.63, 3.8) is 0 Å². The van der Waals surface area contributed by atoms with Crippen molar-refractivity contribution in [3.8, 4) is 17.6 Å². The van der Waals surface area contributed by atoms with Crippen molar-refractivity contribution in [1.29, 1.82) is 5.26 Å². The molecule has 1 aliphatic heterocycles. The number of aliphatic hydroxyl groups is 1. The molecule has 10 nitrogen and oxygen atoms in total. The van der Waals surface area contributed by atoms with E-state index in [0.717, 1.165) is 5.56 Å². The normalized spacial score (nSPS) is 14.6. The molecule has 37 heavy (non-hydrogen) atoms. The van der Waals surface area contributed by atoms with Crippen LogP contribution in [-0.2, 0) is 21.3 Å². The Bertz CT molecular complexity index is 1210. The fourth-order valence-electron chi connectivity index (χ4n) is 3.88. The number of hydrogen-bond donors (Lipinski definition) is 2. The number of amides is 1. The third-order valence-electron chi connectivity index (χ3n) is 5.98. The largest absolute Gasteiger partial charge is 0.454 e. The maximum absolute atomic E-state index is 13.6. The van der Waals surface area contributed by atoms with Gasteiger partial charge in [0.25, 0.3) is 10.0 Å². The molecule has 0 radical (unpaired) electrons. The molecule has 0 aliphatic carbocycles. The van der Waals surface area contributed by atoms with Gasteiger partial charge in [-0.15, -0.1) is 0 Å². The predicted molar refractivity (Wildman–Crippen MR) is 135 cm³/mol. The molecule has 200 valence electrons. The predicted octanol–water partition coefficient (Wildman–Crippen LogP) is 3.76. The van der Waals surface area contributed by atoms with E-state index in [0.29, 0.717) is 35.9 Å². The molecule has 3 rings (SSSR count). The third kappa shape index (κ3) is 7.82. The molecule has 2 unspecified atom stereocenters. The van der Waals surface area contributed by atoms with E-state index >= 15 is 0 Å². The van der Waals surface area contributed by atoms with Gasteiger partial charge in [-0.25, -0.2) is 13.2 Å². The molecular formula is C26H33N3O7S. The van der Waals surface area contributed by atoms with Crippen LogP contribution in [0.5, 0.6) is 11.5 Å². The number of aliphatic hydroxyl groups excluding tert-OH is 1. The summed E-state index contributed by atoms with van der Waals surface area (Å²) in [5.74, 6) is 0.692. The van der Waals surface area contributed by atoms with Crippen molar-refractivity contribution in [3.05, 3.63) is 54.1 Å². The molecule has 0 bridgehead atoms. The maximum atomic E-state index is 13.6. The van der Waals surface area contributed by atoms with Gasteiger partial charge in [-0.1, -0.05) is 44.2 Å². The number of nitriles is 1. The number of fused-ring (bicyclic) bond motifs is 1. The second-order valence-corrected chi connectivity index (χ2v) is 11.5. The highest BCUT2D eigenvalue weighted by atomic mass is 32.2. The number of sulfonamides is 1. The highest BCUT2D eigenvalue weighted by Gasteiger charge is 2.35. The molecule has 2 atom stereocenters. The van der Waals surface area contributed by atoms with Crippen LogP contribution in [0.1, 0.15) is 45.6 Å². The van der Waals surface area contributed by atoms with Crippen molar-refractivity contribution < 1.29 is 32.6 Å². The van der Waals surface area contributed by atoms with Crippen molar-refractivity contribution >= 4 is 16.1 Å². The van der Waals surface area contributed by atoms with Gasteiger partial charge in [0, 0.05) is 12.5 Å². The number of hydrogen-bond acceptors (Lipinski definition) is 8. The van der Waals surface area contributed by atoms with E-state index in [9.17, 15) is 18.3 Å². The zero-order valence-electron chi connectivity index (χ0n) is 21.2. The molecule has 11 heteroatoms.